The third kappa shape index (κ3) is 5.52. The van der Waals surface area contributed by atoms with Gasteiger partial charge >= 0.3 is 5.97 Å². The highest BCUT2D eigenvalue weighted by Gasteiger charge is 2.44. The van der Waals surface area contributed by atoms with Crippen molar-refractivity contribution in [1.29, 1.82) is 0 Å². The molecule has 0 bridgehead atoms. The fraction of sp³-hybridized carbons (Fsp3) is 0.417. The fourth-order valence-electron chi connectivity index (χ4n) is 3.70. The van der Waals surface area contributed by atoms with E-state index in [2.05, 4.69) is 10.4 Å². The minimum atomic E-state index is -1.47. The highest BCUT2D eigenvalue weighted by atomic mass is 35.5. The predicted molar refractivity (Wildman–Crippen MR) is 131 cm³/mol. The lowest BCUT2D eigenvalue weighted by Crippen LogP contribution is -2.55. The first-order valence-corrected chi connectivity index (χ1v) is 13.0. The van der Waals surface area contributed by atoms with Crippen LogP contribution in [0.5, 0.6) is 0 Å². The molecule has 4 rings (SSSR count). The molecule has 10 heteroatoms. The van der Waals surface area contributed by atoms with Crippen LogP contribution in [0, 0.1) is 5.92 Å². The van der Waals surface area contributed by atoms with Gasteiger partial charge in [0.15, 0.2) is 0 Å². The summed E-state index contributed by atoms with van der Waals surface area (Å²) in [5.41, 5.74) is 2.52. The first-order valence-electron chi connectivity index (χ1n) is 10.9. The number of aliphatic hydroxyl groups excluding tert-OH is 3. The standard InChI is InChI=1S/C24H26ClNO6S2/c1-12(2)24(30)31-10-17-20(27)21(28)22(29)23(32-17)13-3-4-16(25)15(7-13)8-19-26-9-18(34-19)14-5-6-33-11-14/h3-7,9,11-12,17,20-23,27-29H,8,10H2,1-2H3/t17-,20-,21+,22-,23+/m1/s1. The number of aliphatic hydroxyl groups is 3. The Kier molecular flexibility index (Phi) is 8.04. The van der Waals surface area contributed by atoms with Gasteiger partial charge in [-0.05, 0) is 34.0 Å². The number of thiazole rings is 1. The molecular weight excluding hydrogens is 498 g/mol. The van der Waals surface area contributed by atoms with Gasteiger partial charge in [0.25, 0.3) is 0 Å². The van der Waals surface area contributed by atoms with Crippen LogP contribution in [0.2, 0.25) is 5.02 Å². The Morgan fingerprint density at radius 2 is 2.00 bits per heavy atom. The molecule has 0 saturated carbocycles. The molecule has 5 atom stereocenters. The van der Waals surface area contributed by atoms with Crippen LogP contribution in [0.15, 0.2) is 41.2 Å². The second kappa shape index (κ2) is 10.8. The molecule has 182 valence electrons. The molecular formula is C24H26ClNO6S2. The minimum Gasteiger partial charge on any atom is -0.463 e. The van der Waals surface area contributed by atoms with Crippen molar-refractivity contribution in [3.8, 4) is 10.4 Å². The van der Waals surface area contributed by atoms with Crippen LogP contribution in [-0.4, -0.2) is 57.3 Å². The Bertz CT molecular complexity index is 1120. The first kappa shape index (κ1) is 25.2. The predicted octanol–water partition coefficient (Wildman–Crippen LogP) is 3.84. The van der Waals surface area contributed by atoms with E-state index < -0.39 is 36.5 Å². The maximum absolute atomic E-state index is 11.8. The highest BCUT2D eigenvalue weighted by molar-refractivity contribution is 7.15. The molecule has 34 heavy (non-hydrogen) atoms. The van der Waals surface area contributed by atoms with E-state index in [-0.39, 0.29) is 12.5 Å². The summed E-state index contributed by atoms with van der Waals surface area (Å²) in [5, 5.41) is 36.9. The van der Waals surface area contributed by atoms with E-state index in [0.29, 0.717) is 17.0 Å². The SMILES string of the molecule is CC(C)C(=O)OC[C@H]1O[C@@H](c2ccc(Cl)c(Cc3ncc(-c4ccsc4)s3)c2)[C@H](O)[C@@H](O)[C@@H]1O. The number of aromatic nitrogens is 1. The molecule has 1 aromatic carbocycles. The Morgan fingerprint density at radius 3 is 2.71 bits per heavy atom. The quantitative estimate of drug-likeness (QED) is 0.404. The third-order valence-corrected chi connectivity index (χ3v) is 7.77. The van der Waals surface area contributed by atoms with E-state index in [0.717, 1.165) is 21.0 Å². The Hall–Kier alpha value is -1.85. The van der Waals surface area contributed by atoms with Crippen molar-refractivity contribution in [3.63, 3.8) is 0 Å². The van der Waals surface area contributed by atoms with Crippen LogP contribution in [-0.2, 0) is 20.7 Å². The van der Waals surface area contributed by atoms with Gasteiger partial charge in [0.2, 0.25) is 0 Å². The minimum absolute atomic E-state index is 0.233. The second-order valence-corrected chi connectivity index (χ2v) is 10.8. The first-order chi connectivity index (χ1) is 16.2. The topological polar surface area (TPSA) is 109 Å². The average molecular weight is 524 g/mol. The number of rotatable bonds is 7. The largest absolute Gasteiger partial charge is 0.463 e. The molecule has 1 aliphatic rings. The van der Waals surface area contributed by atoms with E-state index >= 15 is 0 Å². The van der Waals surface area contributed by atoms with Crippen LogP contribution in [0.25, 0.3) is 10.4 Å². The number of carbonyl (C=O) groups excluding carboxylic acids is 1. The van der Waals surface area contributed by atoms with E-state index in [9.17, 15) is 20.1 Å². The summed E-state index contributed by atoms with van der Waals surface area (Å²) in [4.78, 5) is 17.4. The van der Waals surface area contributed by atoms with Crippen molar-refractivity contribution in [2.24, 2.45) is 5.92 Å². The van der Waals surface area contributed by atoms with Crippen LogP contribution in [0.1, 0.15) is 36.1 Å². The molecule has 0 amide bonds. The molecule has 1 aliphatic heterocycles. The van der Waals surface area contributed by atoms with Crippen molar-refractivity contribution < 1.29 is 29.6 Å². The number of halogens is 1. The zero-order valence-electron chi connectivity index (χ0n) is 18.6. The molecule has 0 unspecified atom stereocenters. The molecule has 0 spiro atoms. The van der Waals surface area contributed by atoms with Gasteiger partial charge in [-0.25, -0.2) is 4.98 Å². The fourth-order valence-corrected chi connectivity index (χ4v) is 5.55. The number of hydrogen-bond acceptors (Lipinski definition) is 9. The number of thiophene rings is 1. The lowest BCUT2D eigenvalue weighted by Gasteiger charge is -2.40. The molecule has 2 aromatic heterocycles. The van der Waals surface area contributed by atoms with Gasteiger partial charge < -0.3 is 24.8 Å². The smallest absolute Gasteiger partial charge is 0.308 e. The van der Waals surface area contributed by atoms with Crippen molar-refractivity contribution >= 4 is 40.2 Å². The van der Waals surface area contributed by atoms with Gasteiger partial charge in [0.1, 0.15) is 37.1 Å². The van der Waals surface area contributed by atoms with Crippen LogP contribution in [0.3, 0.4) is 0 Å². The number of carbonyl (C=O) groups is 1. The average Bonchev–Trinajstić information content (AvgIpc) is 3.50. The molecule has 3 heterocycles. The van der Waals surface area contributed by atoms with E-state index in [1.165, 1.54) is 0 Å². The monoisotopic (exact) mass is 523 g/mol. The number of esters is 1. The zero-order chi connectivity index (χ0) is 24.4. The van der Waals surface area contributed by atoms with Crippen LogP contribution >= 0.6 is 34.3 Å². The lowest BCUT2D eigenvalue weighted by molar-refractivity contribution is -0.234. The third-order valence-electron chi connectivity index (χ3n) is 5.67. The van der Waals surface area contributed by atoms with Crippen LogP contribution < -0.4 is 0 Å². The summed E-state index contributed by atoms with van der Waals surface area (Å²) in [6.45, 7) is 3.16. The summed E-state index contributed by atoms with van der Waals surface area (Å²) in [7, 11) is 0. The molecule has 3 aromatic rings. The molecule has 7 nitrogen and oxygen atoms in total. The Labute approximate surface area is 210 Å². The molecule has 1 fully saturated rings. The van der Waals surface area contributed by atoms with E-state index in [1.54, 1.807) is 48.7 Å². The number of nitrogens with zero attached hydrogens (tertiary/aromatic N) is 1. The lowest BCUT2D eigenvalue weighted by atomic mass is 9.90. The van der Waals surface area contributed by atoms with Gasteiger partial charge in [-0.3, -0.25) is 4.79 Å². The van der Waals surface area contributed by atoms with Gasteiger partial charge in [-0.15, -0.1) is 11.3 Å². The van der Waals surface area contributed by atoms with Crippen molar-refractivity contribution in [1.82, 2.24) is 4.98 Å². The number of ether oxygens (including phenoxy) is 2. The molecule has 3 N–H and O–H groups in total. The number of hydrogen-bond donors (Lipinski definition) is 3. The second-order valence-electron chi connectivity index (χ2n) is 8.51. The van der Waals surface area contributed by atoms with Crippen molar-refractivity contribution in [2.45, 2.75) is 50.8 Å². The highest BCUT2D eigenvalue weighted by Crippen LogP contribution is 2.35. The molecule has 0 aliphatic carbocycles. The van der Waals surface area contributed by atoms with E-state index in [4.69, 9.17) is 21.1 Å². The maximum atomic E-state index is 11.8. The van der Waals surface area contributed by atoms with Crippen molar-refractivity contribution in [2.75, 3.05) is 6.61 Å². The zero-order valence-corrected chi connectivity index (χ0v) is 21.0. The van der Waals surface area contributed by atoms with Gasteiger partial charge in [-0.1, -0.05) is 37.6 Å². The normalized spacial score (nSPS) is 25.0. The van der Waals surface area contributed by atoms with Crippen molar-refractivity contribution in [3.05, 3.63) is 62.4 Å². The molecule has 0 radical (unpaired) electrons. The maximum Gasteiger partial charge on any atom is 0.308 e. The molecule has 1 saturated heterocycles. The summed E-state index contributed by atoms with van der Waals surface area (Å²) in [5.74, 6) is -0.774. The summed E-state index contributed by atoms with van der Waals surface area (Å²) in [6.07, 6.45) is -3.82. The van der Waals surface area contributed by atoms with Gasteiger partial charge in [-0.2, -0.15) is 11.3 Å². The van der Waals surface area contributed by atoms with E-state index in [1.807, 2.05) is 23.7 Å². The van der Waals surface area contributed by atoms with Gasteiger partial charge in [0.05, 0.1) is 15.8 Å². The summed E-state index contributed by atoms with van der Waals surface area (Å²) < 4.78 is 11.1. The Balaban J connectivity index is 1.52. The van der Waals surface area contributed by atoms with Crippen LogP contribution in [0.4, 0.5) is 0 Å². The summed E-state index contributed by atoms with van der Waals surface area (Å²) in [6, 6.07) is 7.27. The Morgan fingerprint density at radius 1 is 1.21 bits per heavy atom. The number of benzene rings is 1. The summed E-state index contributed by atoms with van der Waals surface area (Å²) >= 11 is 9.66. The van der Waals surface area contributed by atoms with Gasteiger partial charge in [0, 0.05) is 23.2 Å².